The van der Waals surface area contributed by atoms with Gasteiger partial charge in [-0.05, 0) is 58.8 Å². The Bertz CT molecular complexity index is 1080. The lowest BCUT2D eigenvalue weighted by Gasteiger charge is -2.26. The second-order valence-corrected chi connectivity index (χ2v) is 7.17. The summed E-state index contributed by atoms with van der Waals surface area (Å²) in [6.07, 6.45) is 1.34. The van der Waals surface area contributed by atoms with Crippen molar-refractivity contribution in [1.29, 1.82) is 0 Å². The lowest BCUT2D eigenvalue weighted by atomic mass is 10.1. The number of nitrogens with zero attached hydrogens (tertiary/aromatic N) is 1. The molecule has 0 aromatic heterocycles. The number of nitrogens with two attached hydrogens (primary N) is 1. The number of primary amides is 1. The molecule has 1 heterocycles. The Kier molecular flexibility index (Phi) is 6.71. The number of imide groups is 2. The number of hydrogen-bond donors (Lipinski definition) is 2. The molecule has 3 rings (SSSR count). The molecule has 0 aliphatic carbocycles. The number of benzene rings is 2. The first kappa shape index (κ1) is 22.0. The van der Waals surface area contributed by atoms with Crippen LogP contribution in [0.15, 0.2) is 52.5 Å². The third kappa shape index (κ3) is 4.92. The van der Waals surface area contributed by atoms with Gasteiger partial charge in [-0.15, -0.1) is 0 Å². The Labute approximate surface area is 185 Å². The number of halogens is 1. The van der Waals surface area contributed by atoms with E-state index in [4.69, 9.17) is 15.2 Å². The molecule has 31 heavy (non-hydrogen) atoms. The van der Waals surface area contributed by atoms with Crippen LogP contribution in [0.25, 0.3) is 6.08 Å². The summed E-state index contributed by atoms with van der Waals surface area (Å²) >= 11 is 3.33. The third-order valence-corrected chi connectivity index (χ3v) is 4.71. The Morgan fingerprint density at radius 2 is 1.87 bits per heavy atom. The molecule has 0 atom stereocenters. The standard InChI is InChI=1S/C21H18BrN3O6/c1-2-30-16-10-12(9-15(22)18(16)31-11-17(23)26)8-14-19(27)24-21(29)25(20(14)28)13-6-4-3-5-7-13/h3-10H,2,11H2,1H3,(H2,23,26)(H,24,27,29)/b14-8+. The number of anilines is 1. The summed E-state index contributed by atoms with van der Waals surface area (Å²) in [4.78, 5) is 49.5. The molecule has 5 amide bonds. The van der Waals surface area contributed by atoms with Crippen LogP contribution in [0, 0.1) is 0 Å². The van der Waals surface area contributed by atoms with Gasteiger partial charge in [0.25, 0.3) is 17.7 Å². The van der Waals surface area contributed by atoms with Crippen molar-refractivity contribution in [1.82, 2.24) is 5.32 Å². The zero-order valence-corrected chi connectivity index (χ0v) is 18.0. The second-order valence-electron chi connectivity index (χ2n) is 6.31. The first-order chi connectivity index (χ1) is 14.8. The van der Waals surface area contributed by atoms with Gasteiger partial charge in [0.15, 0.2) is 18.1 Å². The lowest BCUT2D eigenvalue weighted by Crippen LogP contribution is -2.54. The van der Waals surface area contributed by atoms with Crippen LogP contribution < -0.4 is 25.4 Å². The molecular formula is C21H18BrN3O6. The van der Waals surface area contributed by atoms with Crippen LogP contribution in [-0.2, 0) is 14.4 Å². The normalized spacial score (nSPS) is 15.1. The topological polar surface area (TPSA) is 128 Å². The van der Waals surface area contributed by atoms with Crippen molar-refractivity contribution in [3.8, 4) is 11.5 Å². The highest BCUT2D eigenvalue weighted by atomic mass is 79.9. The van der Waals surface area contributed by atoms with Crippen LogP contribution in [0.3, 0.4) is 0 Å². The monoisotopic (exact) mass is 487 g/mol. The van der Waals surface area contributed by atoms with Gasteiger partial charge >= 0.3 is 6.03 Å². The Morgan fingerprint density at radius 1 is 1.16 bits per heavy atom. The Morgan fingerprint density at radius 3 is 2.52 bits per heavy atom. The predicted octanol–water partition coefficient (Wildman–Crippen LogP) is 2.38. The van der Waals surface area contributed by atoms with Gasteiger partial charge in [-0.25, -0.2) is 9.69 Å². The molecule has 3 N–H and O–H groups in total. The first-order valence-electron chi connectivity index (χ1n) is 9.15. The molecule has 0 unspecified atom stereocenters. The van der Waals surface area contributed by atoms with Gasteiger partial charge < -0.3 is 15.2 Å². The smallest absolute Gasteiger partial charge is 0.335 e. The van der Waals surface area contributed by atoms with E-state index in [0.717, 1.165) is 4.90 Å². The maximum Gasteiger partial charge on any atom is 0.335 e. The Hall–Kier alpha value is -3.66. The quantitative estimate of drug-likeness (QED) is 0.455. The van der Waals surface area contributed by atoms with Crippen LogP contribution in [0.1, 0.15) is 12.5 Å². The van der Waals surface area contributed by atoms with Crippen LogP contribution in [0.4, 0.5) is 10.5 Å². The fourth-order valence-corrected chi connectivity index (χ4v) is 3.43. The molecule has 0 radical (unpaired) electrons. The summed E-state index contributed by atoms with van der Waals surface area (Å²) in [5.74, 6) is -1.70. The molecule has 1 fully saturated rings. The van der Waals surface area contributed by atoms with E-state index in [2.05, 4.69) is 21.2 Å². The van der Waals surface area contributed by atoms with Crippen molar-refractivity contribution >= 4 is 51.4 Å². The molecule has 1 aliphatic rings. The van der Waals surface area contributed by atoms with E-state index < -0.39 is 23.8 Å². The first-order valence-corrected chi connectivity index (χ1v) is 9.95. The molecule has 0 saturated carbocycles. The summed E-state index contributed by atoms with van der Waals surface area (Å²) < 4.78 is 11.4. The fourth-order valence-electron chi connectivity index (χ4n) is 2.85. The number of hydrogen-bond acceptors (Lipinski definition) is 6. The molecule has 2 aromatic rings. The zero-order valence-electron chi connectivity index (χ0n) is 16.4. The second kappa shape index (κ2) is 9.43. The molecule has 1 saturated heterocycles. The van der Waals surface area contributed by atoms with Gasteiger partial charge in [-0.3, -0.25) is 19.7 Å². The van der Waals surface area contributed by atoms with Gasteiger partial charge in [-0.2, -0.15) is 0 Å². The van der Waals surface area contributed by atoms with Crippen LogP contribution in [-0.4, -0.2) is 37.0 Å². The van der Waals surface area contributed by atoms with E-state index in [1.807, 2.05) is 0 Å². The van der Waals surface area contributed by atoms with Crippen LogP contribution in [0.5, 0.6) is 11.5 Å². The summed E-state index contributed by atoms with van der Waals surface area (Å²) in [7, 11) is 0. The van der Waals surface area contributed by atoms with Crippen LogP contribution in [0.2, 0.25) is 0 Å². The average Bonchev–Trinajstić information content (AvgIpc) is 2.71. The van der Waals surface area contributed by atoms with E-state index in [1.54, 1.807) is 49.4 Å². The number of carbonyl (C=O) groups is 4. The molecule has 1 aliphatic heterocycles. The lowest BCUT2D eigenvalue weighted by molar-refractivity contribution is -0.123. The highest BCUT2D eigenvalue weighted by molar-refractivity contribution is 9.10. The number of amides is 5. The fraction of sp³-hybridized carbons (Fsp3) is 0.143. The molecule has 2 aromatic carbocycles. The van der Waals surface area contributed by atoms with E-state index >= 15 is 0 Å². The maximum atomic E-state index is 12.9. The third-order valence-electron chi connectivity index (χ3n) is 4.12. The summed E-state index contributed by atoms with van der Waals surface area (Å²) in [6.45, 7) is 1.71. The largest absolute Gasteiger partial charge is 0.490 e. The number of ether oxygens (including phenoxy) is 2. The van der Waals surface area contributed by atoms with Crippen molar-refractivity contribution in [2.24, 2.45) is 5.73 Å². The predicted molar refractivity (Wildman–Crippen MR) is 115 cm³/mol. The zero-order chi connectivity index (χ0) is 22.5. The van der Waals surface area contributed by atoms with E-state index in [1.165, 1.54) is 6.08 Å². The minimum Gasteiger partial charge on any atom is -0.490 e. The minimum absolute atomic E-state index is 0.233. The molecular weight excluding hydrogens is 470 g/mol. The number of carbonyl (C=O) groups excluding carboxylic acids is 4. The number of rotatable bonds is 7. The van der Waals surface area contributed by atoms with Gasteiger partial charge in [0.1, 0.15) is 5.57 Å². The van der Waals surface area contributed by atoms with Gasteiger partial charge in [0.2, 0.25) is 0 Å². The van der Waals surface area contributed by atoms with Crippen molar-refractivity contribution in [2.75, 3.05) is 18.1 Å². The van der Waals surface area contributed by atoms with Crippen LogP contribution >= 0.6 is 15.9 Å². The minimum atomic E-state index is -0.829. The molecule has 160 valence electrons. The summed E-state index contributed by atoms with van der Waals surface area (Å²) in [5.41, 5.74) is 5.66. The van der Waals surface area contributed by atoms with Crippen molar-refractivity contribution in [3.05, 3.63) is 58.1 Å². The van der Waals surface area contributed by atoms with Gasteiger partial charge in [0.05, 0.1) is 16.8 Å². The van der Waals surface area contributed by atoms with Crippen molar-refractivity contribution < 1.29 is 28.7 Å². The molecule has 0 bridgehead atoms. The van der Waals surface area contributed by atoms with Gasteiger partial charge in [-0.1, -0.05) is 18.2 Å². The van der Waals surface area contributed by atoms with Gasteiger partial charge in [0, 0.05) is 0 Å². The van der Waals surface area contributed by atoms with E-state index in [0.29, 0.717) is 22.3 Å². The van der Waals surface area contributed by atoms with Crippen molar-refractivity contribution in [2.45, 2.75) is 6.92 Å². The SMILES string of the molecule is CCOc1cc(/C=C2\C(=O)NC(=O)N(c3ccccc3)C2=O)cc(Br)c1OCC(N)=O. The van der Waals surface area contributed by atoms with Crippen molar-refractivity contribution in [3.63, 3.8) is 0 Å². The molecule has 9 nitrogen and oxygen atoms in total. The summed E-state index contributed by atoms with van der Waals surface area (Å²) in [6, 6.07) is 10.5. The highest BCUT2D eigenvalue weighted by Crippen LogP contribution is 2.37. The Balaban J connectivity index is 2.00. The number of barbiturate groups is 1. The number of urea groups is 1. The average molecular weight is 488 g/mol. The van der Waals surface area contributed by atoms with E-state index in [-0.39, 0.29) is 23.7 Å². The van der Waals surface area contributed by atoms with E-state index in [9.17, 15) is 19.2 Å². The molecule has 10 heteroatoms. The summed E-state index contributed by atoms with van der Waals surface area (Å²) in [5, 5.41) is 2.17. The maximum absolute atomic E-state index is 12.9. The molecule has 0 spiro atoms. The highest BCUT2D eigenvalue weighted by Gasteiger charge is 2.36. The number of nitrogens with one attached hydrogen (secondary N) is 1. The number of para-hydroxylation sites is 1.